The molecule has 0 aromatic heterocycles. The third kappa shape index (κ3) is 2.40. The Morgan fingerprint density at radius 3 is 2.25 bits per heavy atom. The van der Waals surface area contributed by atoms with Crippen molar-refractivity contribution in [2.24, 2.45) is 0 Å². The molecular formula is C14H14FN. The molecule has 0 aliphatic carbocycles. The predicted molar refractivity (Wildman–Crippen MR) is 64.8 cm³/mol. The fourth-order valence-corrected chi connectivity index (χ4v) is 1.69. The van der Waals surface area contributed by atoms with Gasteiger partial charge < -0.3 is 5.73 Å². The Bertz CT molecular complexity index is 489. The highest BCUT2D eigenvalue weighted by molar-refractivity contribution is 5.48. The van der Waals surface area contributed by atoms with Crippen molar-refractivity contribution in [1.82, 2.24) is 0 Å². The van der Waals surface area contributed by atoms with E-state index < -0.39 is 0 Å². The van der Waals surface area contributed by atoms with Gasteiger partial charge in [0.2, 0.25) is 0 Å². The van der Waals surface area contributed by atoms with Crippen LogP contribution in [-0.2, 0) is 6.42 Å². The topological polar surface area (TPSA) is 26.0 Å². The lowest BCUT2D eigenvalue weighted by Gasteiger charge is -2.05. The quantitative estimate of drug-likeness (QED) is 0.764. The molecule has 1 nitrogen and oxygen atoms in total. The average Bonchev–Trinajstić information content (AvgIpc) is 2.27. The highest BCUT2D eigenvalue weighted by Crippen LogP contribution is 2.16. The summed E-state index contributed by atoms with van der Waals surface area (Å²) in [6, 6.07) is 12.6. The molecule has 0 heterocycles. The van der Waals surface area contributed by atoms with E-state index in [0.717, 1.165) is 23.2 Å². The van der Waals surface area contributed by atoms with Gasteiger partial charge >= 0.3 is 0 Å². The molecule has 2 rings (SSSR count). The van der Waals surface area contributed by atoms with Crippen molar-refractivity contribution in [3.05, 3.63) is 65.0 Å². The molecule has 0 atom stereocenters. The summed E-state index contributed by atoms with van der Waals surface area (Å²) in [7, 11) is 0. The number of halogens is 1. The SMILES string of the molecule is Cc1cc(Cc2ccc(F)cc2)ccc1N. The summed E-state index contributed by atoms with van der Waals surface area (Å²) in [5.74, 6) is -0.197. The highest BCUT2D eigenvalue weighted by Gasteiger charge is 1.99. The Morgan fingerprint density at radius 1 is 1.00 bits per heavy atom. The number of hydrogen-bond acceptors (Lipinski definition) is 1. The van der Waals surface area contributed by atoms with Gasteiger partial charge in [-0.1, -0.05) is 24.3 Å². The number of nitrogens with two attached hydrogens (primary N) is 1. The number of anilines is 1. The molecule has 2 heteroatoms. The van der Waals surface area contributed by atoms with Gasteiger partial charge in [0.15, 0.2) is 0 Å². The van der Waals surface area contributed by atoms with E-state index in [4.69, 9.17) is 5.73 Å². The van der Waals surface area contributed by atoms with E-state index in [0.29, 0.717) is 0 Å². The van der Waals surface area contributed by atoms with E-state index in [1.54, 1.807) is 12.1 Å². The maximum atomic E-state index is 12.7. The van der Waals surface area contributed by atoms with Crippen LogP contribution in [0.1, 0.15) is 16.7 Å². The minimum absolute atomic E-state index is 0.197. The first-order valence-corrected chi connectivity index (χ1v) is 5.24. The van der Waals surface area contributed by atoms with E-state index >= 15 is 0 Å². The van der Waals surface area contributed by atoms with Crippen molar-refractivity contribution in [3.8, 4) is 0 Å². The second-order valence-electron chi connectivity index (χ2n) is 3.99. The second-order valence-corrected chi connectivity index (χ2v) is 3.99. The van der Waals surface area contributed by atoms with Gasteiger partial charge in [0.25, 0.3) is 0 Å². The zero-order valence-corrected chi connectivity index (χ0v) is 9.20. The van der Waals surface area contributed by atoms with Crippen molar-refractivity contribution in [2.75, 3.05) is 5.73 Å². The summed E-state index contributed by atoms with van der Waals surface area (Å²) < 4.78 is 12.7. The van der Waals surface area contributed by atoms with Crippen molar-refractivity contribution in [3.63, 3.8) is 0 Å². The van der Waals surface area contributed by atoms with Gasteiger partial charge in [0.05, 0.1) is 0 Å². The first kappa shape index (κ1) is 10.7. The number of rotatable bonds is 2. The van der Waals surface area contributed by atoms with Gasteiger partial charge in [0.1, 0.15) is 5.82 Å². The fourth-order valence-electron chi connectivity index (χ4n) is 1.69. The van der Waals surface area contributed by atoms with Gasteiger partial charge in [-0.05, 0) is 48.2 Å². The van der Waals surface area contributed by atoms with Gasteiger partial charge in [-0.3, -0.25) is 0 Å². The minimum atomic E-state index is -0.197. The van der Waals surface area contributed by atoms with E-state index in [-0.39, 0.29) is 5.82 Å². The van der Waals surface area contributed by atoms with Crippen molar-refractivity contribution in [1.29, 1.82) is 0 Å². The Hall–Kier alpha value is -1.83. The van der Waals surface area contributed by atoms with Crippen molar-refractivity contribution >= 4 is 5.69 Å². The lowest BCUT2D eigenvalue weighted by atomic mass is 10.0. The average molecular weight is 215 g/mol. The molecule has 0 bridgehead atoms. The number of aryl methyl sites for hydroxylation is 1. The molecule has 0 saturated heterocycles. The van der Waals surface area contributed by atoms with Crippen LogP contribution in [0.3, 0.4) is 0 Å². The molecule has 16 heavy (non-hydrogen) atoms. The van der Waals surface area contributed by atoms with Crippen molar-refractivity contribution < 1.29 is 4.39 Å². The van der Waals surface area contributed by atoms with E-state index in [1.165, 1.54) is 17.7 Å². The standard InChI is InChI=1S/C14H14FN/c1-10-8-12(4-7-14(10)16)9-11-2-5-13(15)6-3-11/h2-8H,9,16H2,1H3. The van der Waals surface area contributed by atoms with Crippen LogP contribution in [-0.4, -0.2) is 0 Å². The summed E-state index contributed by atoms with van der Waals surface area (Å²) in [5.41, 5.74) is 9.94. The molecule has 0 fully saturated rings. The van der Waals surface area contributed by atoms with Crippen LogP contribution < -0.4 is 5.73 Å². The maximum Gasteiger partial charge on any atom is 0.123 e. The molecule has 0 aliphatic heterocycles. The van der Waals surface area contributed by atoms with Crippen LogP contribution >= 0.6 is 0 Å². The van der Waals surface area contributed by atoms with E-state index in [9.17, 15) is 4.39 Å². The third-order valence-corrected chi connectivity index (χ3v) is 2.66. The zero-order valence-electron chi connectivity index (χ0n) is 9.20. The van der Waals surface area contributed by atoms with Crippen LogP contribution in [0.4, 0.5) is 10.1 Å². The number of hydrogen-bond donors (Lipinski definition) is 1. The lowest BCUT2D eigenvalue weighted by molar-refractivity contribution is 0.627. The molecule has 2 N–H and O–H groups in total. The zero-order chi connectivity index (χ0) is 11.5. The number of nitrogen functional groups attached to an aromatic ring is 1. The summed E-state index contributed by atoms with van der Waals surface area (Å²) in [4.78, 5) is 0. The molecule has 2 aromatic rings. The first-order valence-electron chi connectivity index (χ1n) is 5.24. The number of benzene rings is 2. The Morgan fingerprint density at radius 2 is 1.62 bits per heavy atom. The van der Waals surface area contributed by atoms with Gasteiger partial charge in [-0.25, -0.2) is 4.39 Å². The van der Waals surface area contributed by atoms with Crippen LogP contribution in [0.25, 0.3) is 0 Å². The van der Waals surface area contributed by atoms with E-state index in [2.05, 4.69) is 6.07 Å². The fraction of sp³-hybridized carbons (Fsp3) is 0.143. The summed E-state index contributed by atoms with van der Waals surface area (Å²) in [6.45, 7) is 1.99. The molecule has 82 valence electrons. The van der Waals surface area contributed by atoms with Crippen LogP contribution in [0.15, 0.2) is 42.5 Å². The first-order chi connectivity index (χ1) is 7.65. The molecule has 0 spiro atoms. The summed E-state index contributed by atoms with van der Waals surface area (Å²) in [6.07, 6.45) is 0.807. The smallest absolute Gasteiger partial charge is 0.123 e. The molecule has 0 unspecified atom stereocenters. The highest BCUT2D eigenvalue weighted by atomic mass is 19.1. The normalized spacial score (nSPS) is 10.4. The van der Waals surface area contributed by atoms with Crippen LogP contribution in [0.5, 0.6) is 0 Å². The van der Waals surface area contributed by atoms with Gasteiger partial charge in [-0.15, -0.1) is 0 Å². The molecule has 0 amide bonds. The summed E-state index contributed by atoms with van der Waals surface area (Å²) in [5, 5.41) is 0. The lowest BCUT2D eigenvalue weighted by Crippen LogP contribution is -1.93. The van der Waals surface area contributed by atoms with Crippen molar-refractivity contribution in [2.45, 2.75) is 13.3 Å². The molecule has 0 radical (unpaired) electrons. The van der Waals surface area contributed by atoms with Gasteiger partial charge in [0, 0.05) is 5.69 Å². The van der Waals surface area contributed by atoms with Gasteiger partial charge in [-0.2, -0.15) is 0 Å². The Kier molecular flexibility index (Phi) is 2.91. The molecule has 0 saturated carbocycles. The largest absolute Gasteiger partial charge is 0.399 e. The third-order valence-electron chi connectivity index (χ3n) is 2.66. The Balaban J connectivity index is 2.20. The van der Waals surface area contributed by atoms with Crippen LogP contribution in [0, 0.1) is 12.7 Å². The van der Waals surface area contributed by atoms with Crippen LogP contribution in [0.2, 0.25) is 0 Å². The molecule has 2 aromatic carbocycles. The summed E-state index contributed by atoms with van der Waals surface area (Å²) >= 11 is 0. The maximum absolute atomic E-state index is 12.7. The molecular weight excluding hydrogens is 201 g/mol. The van der Waals surface area contributed by atoms with E-state index in [1.807, 2.05) is 19.1 Å². The Labute approximate surface area is 94.7 Å². The second kappa shape index (κ2) is 4.35. The minimum Gasteiger partial charge on any atom is -0.399 e. The molecule has 0 aliphatic rings. The monoisotopic (exact) mass is 215 g/mol. The predicted octanol–water partition coefficient (Wildman–Crippen LogP) is 3.31.